The van der Waals surface area contributed by atoms with Crippen LogP contribution in [0.1, 0.15) is 23.2 Å². The number of hydrogen-bond donors (Lipinski definition) is 1. The van der Waals surface area contributed by atoms with Crippen molar-refractivity contribution in [3.8, 4) is 11.3 Å². The van der Waals surface area contributed by atoms with Gasteiger partial charge >= 0.3 is 0 Å². The first-order valence-electron chi connectivity index (χ1n) is 7.77. The van der Waals surface area contributed by atoms with Crippen LogP contribution in [0.2, 0.25) is 5.02 Å². The molecule has 1 N–H and O–H groups in total. The van der Waals surface area contributed by atoms with Gasteiger partial charge in [-0.3, -0.25) is 4.79 Å². The molecule has 0 aliphatic carbocycles. The summed E-state index contributed by atoms with van der Waals surface area (Å²) in [7, 11) is -3.76. The summed E-state index contributed by atoms with van der Waals surface area (Å²) in [6.45, 7) is 1.08. The first kappa shape index (κ1) is 17.9. The highest BCUT2D eigenvalue weighted by molar-refractivity contribution is 7.90. The molecule has 0 unspecified atom stereocenters. The van der Waals surface area contributed by atoms with Gasteiger partial charge in [-0.1, -0.05) is 28.9 Å². The molecule has 1 aliphatic rings. The Balaban J connectivity index is 1.73. The molecule has 1 fully saturated rings. The number of hydrogen-bond acceptors (Lipinski definition) is 6. The molecule has 1 aromatic heterocycles. The van der Waals surface area contributed by atoms with E-state index in [1.165, 1.54) is 0 Å². The lowest BCUT2D eigenvalue weighted by Gasteiger charge is -2.21. The molecule has 1 aliphatic heterocycles. The molecular formula is C16H17ClN2O5S. The molecule has 0 radical (unpaired) electrons. The predicted octanol–water partition coefficient (Wildman–Crippen LogP) is 2.48. The monoisotopic (exact) mass is 384 g/mol. The van der Waals surface area contributed by atoms with Gasteiger partial charge in [0.25, 0.3) is 5.91 Å². The molecule has 0 saturated carbocycles. The number of sulfonamides is 1. The molecule has 2 heterocycles. The van der Waals surface area contributed by atoms with Crippen molar-refractivity contribution >= 4 is 27.5 Å². The first-order chi connectivity index (χ1) is 11.9. The van der Waals surface area contributed by atoms with Crippen LogP contribution < -0.4 is 4.72 Å². The van der Waals surface area contributed by atoms with Crippen molar-refractivity contribution in [1.82, 2.24) is 9.88 Å². The SMILES string of the molecule is O=C(NS(=O)(=O)CC1CCOCC1)c1conc1-c1ccc(Cl)cc1. The van der Waals surface area contributed by atoms with Gasteiger partial charge in [-0.15, -0.1) is 0 Å². The maximum absolute atomic E-state index is 12.4. The molecule has 0 bridgehead atoms. The van der Waals surface area contributed by atoms with Crippen molar-refractivity contribution in [2.45, 2.75) is 12.8 Å². The average Bonchev–Trinajstić information content (AvgIpc) is 3.05. The standard InChI is InChI=1S/C16H17ClN2O5S/c17-13-3-1-12(2-4-13)15-14(9-24-18-15)16(20)19-25(21,22)10-11-5-7-23-8-6-11/h1-4,9,11H,5-8,10H2,(H,19,20). The lowest BCUT2D eigenvalue weighted by Crippen LogP contribution is -2.36. The summed E-state index contributed by atoms with van der Waals surface area (Å²) in [5.41, 5.74) is 0.915. The molecular weight excluding hydrogens is 368 g/mol. The van der Waals surface area contributed by atoms with Gasteiger partial charge in [0.1, 0.15) is 17.5 Å². The van der Waals surface area contributed by atoms with Gasteiger partial charge in [0, 0.05) is 23.8 Å². The van der Waals surface area contributed by atoms with Crippen LogP contribution >= 0.6 is 11.6 Å². The summed E-state index contributed by atoms with van der Waals surface area (Å²) in [5.74, 6) is -0.889. The van der Waals surface area contributed by atoms with E-state index in [0.29, 0.717) is 36.6 Å². The molecule has 2 aromatic rings. The van der Waals surface area contributed by atoms with Crippen molar-refractivity contribution in [2.75, 3.05) is 19.0 Å². The minimum Gasteiger partial charge on any atom is -0.381 e. The second-order valence-electron chi connectivity index (χ2n) is 5.85. The van der Waals surface area contributed by atoms with Crippen LogP contribution in [0.25, 0.3) is 11.3 Å². The largest absolute Gasteiger partial charge is 0.381 e. The smallest absolute Gasteiger partial charge is 0.270 e. The summed E-state index contributed by atoms with van der Waals surface area (Å²) in [6, 6.07) is 6.64. The zero-order valence-corrected chi connectivity index (χ0v) is 14.8. The van der Waals surface area contributed by atoms with Crippen molar-refractivity contribution < 1.29 is 22.5 Å². The van der Waals surface area contributed by atoms with Crippen LogP contribution in [-0.2, 0) is 14.8 Å². The second-order valence-corrected chi connectivity index (χ2v) is 8.06. The zero-order valence-electron chi connectivity index (χ0n) is 13.3. The molecule has 0 spiro atoms. The van der Waals surface area contributed by atoms with Crippen LogP contribution in [0.15, 0.2) is 35.1 Å². The number of nitrogens with zero attached hydrogens (tertiary/aromatic N) is 1. The number of halogens is 1. The minimum absolute atomic E-state index is 0.0164. The molecule has 9 heteroatoms. The topological polar surface area (TPSA) is 98.5 Å². The number of benzene rings is 1. The number of rotatable bonds is 5. The Morgan fingerprint density at radius 1 is 1.24 bits per heavy atom. The van der Waals surface area contributed by atoms with E-state index in [2.05, 4.69) is 9.88 Å². The van der Waals surface area contributed by atoms with E-state index in [-0.39, 0.29) is 22.9 Å². The molecule has 1 amide bonds. The zero-order chi connectivity index (χ0) is 17.9. The molecule has 0 atom stereocenters. The minimum atomic E-state index is -3.76. The Hall–Kier alpha value is -1.90. The average molecular weight is 385 g/mol. The number of carbonyl (C=O) groups excluding carboxylic acids is 1. The fourth-order valence-electron chi connectivity index (χ4n) is 2.68. The van der Waals surface area contributed by atoms with Crippen LogP contribution in [0.4, 0.5) is 0 Å². The van der Waals surface area contributed by atoms with E-state index in [4.69, 9.17) is 20.9 Å². The quantitative estimate of drug-likeness (QED) is 0.850. The highest BCUT2D eigenvalue weighted by Gasteiger charge is 2.26. The Bertz CT molecular complexity index is 842. The Morgan fingerprint density at radius 2 is 1.92 bits per heavy atom. The number of carbonyl (C=O) groups is 1. The van der Waals surface area contributed by atoms with Gasteiger partial charge in [0.05, 0.1) is 5.75 Å². The van der Waals surface area contributed by atoms with Gasteiger partial charge < -0.3 is 9.26 Å². The molecule has 1 saturated heterocycles. The van der Waals surface area contributed by atoms with E-state index in [0.717, 1.165) is 6.26 Å². The summed E-state index contributed by atoms with van der Waals surface area (Å²) in [6.07, 6.45) is 2.46. The fourth-order valence-corrected chi connectivity index (χ4v) is 4.23. The maximum atomic E-state index is 12.4. The van der Waals surface area contributed by atoms with Crippen molar-refractivity contribution in [1.29, 1.82) is 0 Å². The van der Waals surface area contributed by atoms with Crippen LogP contribution in [0.3, 0.4) is 0 Å². The highest BCUT2D eigenvalue weighted by Crippen LogP contribution is 2.24. The summed E-state index contributed by atoms with van der Waals surface area (Å²) < 4.78 is 36.7. The highest BCUT2D eigenvalue weighted by atomic mass is 35.5. The van der Waals surface area contributed by atoms with Crippen LogP contribution in [0.5, 0.6) is 0 Å². The van der Waals surface area contributed by atoms with Gasteiger partial charge in [-0.05, 0) is 30.9 Å². The van der Waals surface area contributed by atoms with E-state index in [1.807, 2.05) is 0 Å². The Labute approximate surface area is 150 Å². The van der Waals surface area contributed by atoms with Crippen molar-refractivity contribution in [3.63, 3.8) is 0 Å². The molecule has 1 aromatic carbocycles. The number of aromatic nitrogens is 1. The molecule has 7 nitrogen and oxygen atoms in total. The van der Waals surface area contributed by atoms with Crippen LogP contribution in [0, 0.1) is 5.92 Å². The number of nitrogens with one attached hydrogen (secondary N) is 1. The Morgan fingerprint density at radius 3 is 2.60 bits per heavy atom. The van der Waals surface area contributed by atoms with E-state index in [1.54, 1.807) is 24.3 Å². The van der Waals surface area contributed by atoms with Crippen molar-refractivity contribution in [2.24, 2.45) is 5.92 Å². The third-order valence-corrected chi connectivity index (χ3v) is 5.63. The van der Waals surface area contributed by atoms with Gasteiger partial charge in [0.2, 0.25) is 10.0 Å². The molecule has 25 heavy (non-hydrogen) atoms. The third-order valence-electron chi connectivity index (χ3n) is 3.98. The normalized spacial score (nSPS) is 15.9. The summed E-state index contributed by atoms with van der Waals surface area (Å²) in [4.78, 5) is 12.4. The molecule has 3 rings (SSSR count). The van der Waals surface area contributed by atoms with E-state index >= 15 is 0 Å². The number of ether oxygens (including phenoxy) is 1. The predicted molar refractivity (Wildman–Crippen MR) is 91.7 cm³/mol. The van der Waals surface area contributed by atoms with Gasteiger partial charge in [0.15, 0.2) is 0 Å². The fraction of sp³-hybridized carbons (Fsp3) is 0.375. The number of amides is 1. The van der Waals surface area contributed by atoms with Gasteiger partial charge in [-0.2, -0.15) is 0 Å². The van der Waals surface area contributed by atoms with Crippen LogP contribution in [-0.4, -0.2) is 38.4 Å². The lowest BCUT2D eigenvalue weighted by atomic mass is 10.0. The Kier molecular flexibility index (Phi) is 5.41. The maximum Gasteiger partial charge on any atom is 0.270 e. The van der Waals surface area contributed by atoms with E-state index in [9.17, 15) is 13.2 Å². The second kappa shape index (κ2) is 7.55. The van der Waals surface area contributed by atoms with E-state index < -0.39 is 15.9 Å². The third kappa shape index (κ3) is 4.59. The van der Waals surface area contributed by atoms with Gasteiger partial charge in [-0.25, -0.2) is 13.1 Å². The lowest BCUT2D eigenvalue weighted by molar-refractivity contribution is 0.0722. The molecule has 134 valence electrons. The van der Waals surface area contributed by atoms with Crippen molar-refractivity contribution in [3.05, 3.63) is 41.1 Å². The first-order valence-corrected chi connectivity index (χ1v) is 9.80. The summed E-state index contributed by atoms with van der Waals surface area (Å²) in [5, 5.41) is 4.33. The summed E-state index contributed by atoms with van der Waals surface area (Å²) >= 11 is 5.84.